The van der Waals surface area contributed by atoms with Crippen LogP contribution in [0, 0.1) is 0 Å². The summed E-state index contributed by atoms with van der Waals surface area (Å²) < 4.78 is 26.9. The van der Waals surface area contributed by atoms with Crippen LogP contribution in [0.1, 0.15) is 194 Å². The topological polar surface area (TPSA) is 131 Å². The highest BCUT2D eigenvalue weighted by Crippen LogP contribution is 2.42. The fourth-order valence-electron chi connectivity index (χ4n) is 5.85. The van der Waals surface area contributed by atoms with Gasteiger partial charge in [0, 0.05) is 19.4 Å². The molecular weight excluding hydrogens is 713 g/mol. The summed E-state index contributed by atoms with van der Waals surface area (Å²) >= 11 is 0. The van der Waals surface area contributed by atoms with Crippen LogP contribution in [0.3, 0.4) is 0 Å². The van der Waals surface area contributed by atoms with E-state index in [0.29, 0.717) is 6.42 Å². The molecule has 0 aromatic carbocycles. The van der Waals surface area contributed by atoms with Gasteiger partial charge < -0.3 is 20.1 Å². The lowest BCUT2D eigenvalue weighted by atomic mass is 10.1. The first-order valence-corrected chi connectivity index (χ1v) is 23.6. The number of amides is 1. The summed E-state index contributed by atoms with van der Waals surface area (Å²) in [6, 6.07) is 0. The molecule has 0 aliphatic carbocycles. The lowest BCUT2D eigenvalue weighted by molar-refractivity contribution is -0.147. The molecule has 0 aromatic rings. The van der Waals surface area contributed by atoms with E-state index in [9.17, 15) is 24.2 Å². The van der Waals surface area contributed by atoms with E-state index in [-0.39, 0.29) is 32.1 Å². The zero-order valence-corrected chi connectivity index (χ0v) is 36.0. The molecule has 320 valence electrons. The summed E-state index contributed by atoms with van der Waals surface area (Å²) in [5.41, 5.74) is 0. The first kappa shape index (κ1) is 53.0. The fraction of sp³-hybridized carbons (Fsp3) is 0.778. The minimum atomic E-state index is -4.42. The second-order valence-electron chi connectivity index (χ2n) is 14.7. The quantitative estimate of drug-likeness (QED) is 0.0241. The molecule has 10 heteroatoms. The van der Waals surface area contributed by atoms with Crippen LogP contribution in [-0.2, 0) is 27.9 Å². The highest BCUT2D eigenvalue weighted by atomic mass is 31.2. The maximum Gasteiger partial charge on any atom is 0.472 e. The molecule has 0 spiro atoms. The van der Waals surface area contributed by atoms with E-state index in [1.165, 1.54) is 89.9 Å². The van der Waals surface area contributed by atoms with Gasteiger partial charge in [-0.3, -0.25) is 18.6 Å². The normalized spacial score (nSPS) is 13.7. The standard InChI is InChI=1S/C45H82NO8P/c1-3-5-7-9-11-13-15-17-19-20-21-22-24-26-28-30-32-34-36-38-45(49)52-41-43(47)42-54-55(50,51)53-40-39-46-44(48)37-35-33-31-29-27-25-23-18-16-14-12-10-8-6-4-2/h11,13,17-19,21-23,43,47H,3-10,12,14-16,20,24-42H2,1-2H3,(H,46,48)(H,50,51)/b13-11-,19-17-,22-21-,23-18-. The third-order valence-corrected chi connectivity index (χ3v) is 10.2. The largest absolute Gasteiger partial charge is 0.472 e. The lowest BCUT2D eigenvalue weighted by Crippen LogP contribution is -2.27. The van der Waals surface area contributed by atoms with E-state index in [1.54, 1.807) is 0 Å². The zero-order valence-electron chi connectivity index (χ0n) is 35.1. The van der Waals surface area contributed by atoms with Crippen molar-refractivity contribution < 1.29 is 37.9 Å². The Bertz CT molecular complexity index is 1040. The number of phosphoric acid groups is 1. The third kappa shape index (κ3) is 42.9. The number of esters is 1. The van der Waals surface area contributed by atoms with Crippen LogP contribution in [-0.4, -0.2) is 54.3 Å². The molecule has 55 heavy (non-hydrogen) atoms. The van der Waals surface area contributed by atoms with Gasteiger partial charge in [0.05, 0.1) is 13.2 Å². The Morgan fingerprint density at radius 2 is 0.982 bits per heavy atom. The Morgan fingerprint density at radius 3 is 1.53 bits per heavy atom. The van der Waals surface area contributed by atoms with Crippen LogP contribution in [0.2, 0.25) is 0 Å². The predicted molar refractivity (Wildman–Crippen MR) is 229 cm³/mol. The van der Waals surface area contributed by atoms with E-state index in [0.717, 1.165) is 77.0 Å². The molecule has 0 saturated heterocycles. The smallest absolute Gasteiger partial charge is 0.463 e. The summed E-state index contributed by atoms with van der Waals surface area (Å²) in [5, 5.41) is 12.7. The molecule has 9 nitrogen and oxygen atoms in total. The molecule has 1 amide bonds. The molecule has 0 heterocycles. The van der Waals surface area contributed by atoms with E-state index < -0.39 is 26.5 Å². The fourth-order valence-corrected chi connectivity index (χ4v) is 6.61. The molecule has 0 radical (unpaired) electrons. The van der Waals surface area contributed by atoms with Gasteiger partial charge in [-0.25, -0.2) is 4.57 Å². The van der Waals surface area contributed by atoms with Crippen molar-refractivity contribution >= 4 is 19.7 Å². The van der Waals surface area contributed by atoms with Crippen molar-refractivity contribution in [2.24, 2.45) is 0 Å². The Labute approximate surface area is 336 Å². The van der Waals surface area contributed by atoms with E-state index in [1.807, 2.05) is 0 Å². The van der Waals surface area contributed by atoms with Gasteiger partial charge in [-0.05, 0) is 77.0 Å². The highest BCUT2D eigenvalue weighted by Gasteiger charge is 2.23. The number of nitrogens with one attached hydrogen (secondary N) is 1. The van der Waals surface area contributed by atoms with E-state index in [2.05, 4.69) is 67.8 Å². The number of aliphatic hydroxyl groups excluding tert-OH is 1. The Morgan fingerprint density at radius 1 is 0.564 bits per heavy atom. The SMILES string of the molecule is CCCCC/C=C\C/C=C\C/C=C\CCCCCCCCC(=O)OCC(O)COP(=O)(O)OCCNC(=O)CCCCCCC/C=C\CCCCCCCC. The molecule has 3 N–H and O–H groups in total. The zero-order chi connectivity index (χ0) is 40.3. The lowest BCUT2D eigenvalue weighted by Gasteiger charge is -2.15. The van der Waals surface area contributed by atoms with Gasteiger partial charge in [0.2, 0.25) is 5.91 Å². The number of allylic oxidation sites excluding steroid dienone is 8. The summed E-state index contributed by atoms with van der Waals surface area (Å²) in [5.74, 6) is -0.538. The molecular formula is C45H82NO8P. The van der Waals surface area contributed by atoms with Crippen molar-refractivity contribution in [3.8, 4) is 0 Å². The average Bonchev–Trinajstić information content (AvgIpc) is 3.17. The Balaban J connectivity index is 3.64. The number of ether oxygens (including phenoxy) is 1. The summed E-state index contributed by atoms with van der Waals surface area (Å²) in [4.78, 5) is 33.9. The first-order chi connectivity index (χ1) is 26.8. The summed E-state index contributed by atoms with van der Waals surface area (Å²) in [7, 11) is -4.42. The minimum Gasteiger partial charge on any atom is -0.463 e. The monoisotopic (exact) mass is 796 g/mol. The third-order valence-electron chi connectivity index (χ3n) is 9.23. The van der Waals surface area contributed by atoms with Crippen molar-refractivity contribution in [1.29, 1.82) is 0 Å². The number of hydrogen-bond donors (Lipinski definition) is 3. The first-order valence-electron chi connectivity index (χ1n) is 22.1. The second kappa shape index (κ2) is 41.6. The van der Waals surface area contributed by atoms with Crippen LogP contribution >= 0.6 is 7.82 Å². The predicted octanol–water partition coefficient (Wildman–Crippen LogP) is 12.3. The summed E-state index contributed by atoms with van der Waals surface area (Å²) in [6.45, 7) is 3.50. The minimum absolute atomic E-state index is 0.0747. The number of hydrogen-bond acceptors (Lipinski definition) is 7. The van der Waals surface area contributed by atoms with Gasteiger partial charge in [0.1, 0.15) is 12.7 Å². The van der Waals surface area contributed by atoms with Crippen LogP contribution in [0.5, 0.6) is 0 Å². The number of aliphatic hydroxyl groups is 1. The Hall–Kier alpha value is -2.03. The average molecular weight is 796 g/mol. The van der Waals surface area contributed by atoms with Gasteiger partial charge in [0.15, 0.2) is 0 Å². The van der Waals surface area contributed by atoms with Gasteiger partial charge in [-0.15, -0.1) is 0 Å². The molecule has 2 atom stereocenters. The number of rotatable bonds is 41. The van der Waals surface area contributed by atoms with Crippen molar-refractivity contribution in [1.82, 2.24) is 5.32 Å². The van der Waals surface area contributed by atoms with E-state index >= 15 is 0 Å². The number of phosphoric ester groups is 1. The number of unbranched alkanes of at least 4 members (excludes halogenated alkanes) is 20. The maximum absolute atomic E-state index is 12.1. The number of carbonyl (C=O) groups is 2. The molecule has 2 unspecified atom stereocenters. The Kier molecular flexibility index (Phi) is 40.1. The molecule has 0 fully saturated rings. The van der Waals surface area contributed by atoms with Crippen molar-refractivity contribution in [3.63, 3.8) is 0 Å². The summed E-state index contributed by atoms with van der Waals surface area (Å²) in [6.07, 6.45) is 47.5. The highest BCUT2D eigenvalue weighted by molar-refractivity contribution is 7.47. The van der Waals surface area contributed by atoms with Crippen LogP contribution in [0.25, 0.3) is 0 Å². The molecule has 0 aliphatic rings. The molecule has 0 bridgehead atoms. The van der Waals surface area contributed by atoms with Crippen molar-refractivity contribution in [2.45, 2.75) is 200 Å². The molecule has 0 aliphatic heterocycles. The van der Waals surface area contributed by atoms with Crippen molar-refractivity contribution in [2.75, 3.05) is 26.4 Å². The van der Waals surface area contributed by atoms with Gasteiger partial charge >= 0.3 is 13.8 Å². The van der Waals surface area contributed by atoms with Crippen LogP contribution in [0.4, 0.5) is 0 Å². The van der Waals surface area contributed by atoms with Gasteiger partial charge in [0.25, 0.3) is 0 Å². The second-order valence-corrected chi connectivity index (χ2v) is 16.1. The molecule has 0 saturated carbocycles. The number of carbonyl (C=O) groups excluding carboxylic acids is 2. The van der Waals surface area contributed by atoms with Gasteiger partial charge in [-0.1, -0.05) is 152 Å². The van der Waals surface area contributed by atoms with Crippen molar-refractivity contribution in [3.05, 3.63) is 48.6 Å². The van der Waals surface area contributed by atoms with Crippen LogP contribution < -0.4 is 5.32 Å². The van der Waals surface area contributed by atoms with Crippen LogP contribution in [0.15, 0.2) is 48.6 Å². The maximum atomic E-state index is 12.1. The molecule has 0 rings (SSSR count). The van der Waals surface area contributed by atoms with Gasteiger partial charge in [-0.2, -0.15) is 0 Å². The van der Waals surface area contributed by atoms with E-state index in [4.69, 9.17) is 13.8 Å². The molecule has 0 aromatic heterocycles.